The first-order valence-electron chi connectivity index (χ1n) is 9.08. The lowest BCUT2D eigenvalue weighted by Crippen LogP contribution is -2.50. The van der Waals surface area contributed by atoms with Gasteiger partial charge in [0.1, 0.15) is 0 Å². The first-order chi connectivity index (χ1) is 11.3. The van der Waals surface area contributed by atoms with Crippen LogP contribution in [0.25, 0.3) is 0 Å². The number of nitrogens with one attached hydrogen (secondary N) is 1. The van der Waals surface area contributed by atoms with Crippen LogP contribution in [-0.2, 0) is 21.4 Å². The van der Waals surface area contributed by atoms with Crippen LogP contribution in [0.3, 0.4) is 0 Å². The largest absolute Gasteiger partial charge is 0.374 e. The topological polar surface area (TPSA) is 77.2 Å². The van der Waals surface area contributed by atoms with Gasteiger partial charge in [-0.1, -0.05) is 25.9 Å². The van der Waals surface area contributed by atoms with Crippen LogP contribution in [0.4, 0.5) is 0 Å². The molecule has 1 saturated heterocycles. The Morgan fingerprint density at radius 3 is 2.75 bits per heavy atom. The molecule has 2 saturated carbocycles. The lowest BCUT2D eigenvalue weighted by molar-refractivity contribution is -0.125. The fourth-order valence-electron chi connectivity index (χ4n) is 4.30. The van der Waals surface area contributed by atoms with Gasteiger partial charge < -0.3 is 14.6 Å². The number of carbonyl (C=O) groups is 1. The van der Waals surface area contributed by atoms with Crippen molar-refractivity contribution in [3.05, 3.63) is 11.7 Å². The molecule has 132 valence electrons. The summed E-state index contributed by atoms with van der Waals surface area (Å²) in [6.07, 6.45) is 5.68. The molecule has 1 aromatic heterocycles. The summed E-state index contributed by atoms with van der Waals surface area (Å²) in [5, 5.41) is 7.12. The number of amides is 1. The van der Waals surface area contributed by atoms with Gasteiger partial charge >= 0.3 is 0 Å². The maximum atomic E-state index is 12.2. The first kappa shape index (κ1) is 16.1. The van der Waals surface area contributed by atoms with Crippen molar-refractivity contribution in [1.29, 1.82) is 0 Å². The third-order valence-corrected chi connectivity index (χ3v) is 6.17. The summed E-state index contributed by atoms with van der Waals surface area (Å²) in [5.41, 5.74) is 0.174. The number of ether oxygens (including phenoxy) is 1. The maximum Gasteiger partial charge on any atom is 0.227 e. The van der Waals surface area contributed by atoms with Crippen LogP contribution in [0.1, 0.15) is 64.6 Å². The van der Waals surface area contributed by atoms with Crippen molar-refractivity contribution in [2.24, 2.45) is 11.3 Å². The second-order valence-corrected chi connectivity index (χ2v) is 8.75. The van der Waals surface area contributed by atoms with Crippen molar-refractivity contribution in [1.82, 2.24) is 15.5 Å². The lowest BCUT2D eigenvalue weighted by atomic mass is 9.68. The van der Waals surface area contributed by atoms with E-state index in [1.807, 2.05) is 20.8 Å². The number of hydrogen-bond acceptors (Lipinski definition) is 5. The molecule has 1 aromatic rings. The summed E-state index contributed by atoms with van der Waals surface area (Å²) in [6.45, 7) is 7.76. The molecule has 2 heterocycles. The van der Waals surface area contributed by atoms with E-state index in [-0.39, 0.29) is 22.3 Å². The summed E-state index contributed by atoms with van der Waals surface area (Å²) in [7, 11) is 0. The number of aromatic nitrogens is 2. The molecule has 2 aliphatic carbocycles. The molecule has 1 aliphatic heterocycles. The zero-order chi connectivity index (χ0) is 17.0. The highest BCUT2D eigenvalue weighted by Gasteiger charge is 2.73. The van der Waals surface area contributed by atoms with Crippen LogP contribution >= 0.6 is 0 Å². The van der Waals surface area contributed by atoms with Gasteiger partial charge in [-0.15, -0.1) is 0 Å². The molecule has 6 nitrogen and oxygen atoms in total. The third-order valence-electron chi connectivity index (χ3n) is 6.17. The van der Waals surface area contributed by atoms with E-state index in [1.165, 1.54) is 12.8 Å². The van der Waals surface area contributed by atoms with Gasteiger partial charge in [0, 0.05) is 30.2 Å². The fraction of sp³-hybridized carbons (Fsp3) is 0.833. The molecule has 2 atom stereocenters. The standard InChI is InChI=1S/C18H27N3O3/c1-16(2,3)15-20-14(24-21-15)6-5-13(22)19-11-17-9-12(17)10-23-18(17)7-4-8-18/h12H,4-11H2,1-3H3,(H,19,22)/t12-,17+/m0/s1. The Labute approximate surface area is 142 Å². The highest BCUT2D eigenvalue weighted by atomic mass is 16.5. The van der Waals surface area contributed by atoms with Gasteiger partial charge in [-0.3, -0.25) is 4.79 Å². The number of aryl methyl sites for hydroxylation is 1. The predicted molar refractivity (Wildman–Crippen MR) is 87.4 cm³/mol. The smallest absolute Gasteiger partial charge is 0.227 e. The quantitative estimate of drug-likeness (QED) is 0.895. The number of nitrogens with zero attached hydrogens (tertiary/aromatic N) is 2. The van der Waals surface area contributed by atoms with Crippen LogP contribution in [0.5, 0.6) is 0 Å². The minimum Gasteiger partial charge on any atom is -0.374 e. The van der Waals surface area contributed by atoms with E-state index in [4.69, 9.17) is 9.26 Å². The molecular weight excluding hydrogens is 306 g/mol. The highest BCUT2D eigenvalue weighted by Crippen LogP contribution is 2.70. The van der Waals surface area contributed by atoms with E-state index in [0.717, 1.165) is 26.0 Å². The van der Waals surface area contributed by atoms with E-state index in [2.05, 4.69) is 15.5 Å². The molecule has 0 aromatic carbocycles. The van der Waals surface area contributed by atoms with E-state index < -0.39 is 0 Å². The number of fused-ring (bicyclic) bond motifs is 2. The maximum absolute atomic E-state index is 12.2. The molecule has 1 spiro atoms. The number of rotatable bonds is 5. The van der Waals surface area contributed by atoms with Crippen LogP contribution in [0.15, 0.2) is 4.52 Å². The zero-order valence-electron chi connectivity index (χ0n) is 14.9. The number of carbonyl (C=O) groups excluding carboxylic acids is 1. The number of hydrogen-bond donors (Lipinski definition) is 1. The molecule has 4 rings (SSSR count). The SMILES string of the molecule is CC(C)(C)c1noc(CCC(=O)NC[C@]23C[C@H]2COC32CCC2)n1. The van der Waals surface area contributed by atoms with Gasteiger partial charge in [-0.05, 0) is 31.6 Å². The Kier molecular flexibility index (Phi) is 3.53. The van der Waals surface area contributed by atoms with Gasteiger partial charge in [-0.25, -0.2) is 0 Å². The normalized spacial score (nSPS) is 30.0. The van der Waals surface area contributed by atoms with E-state index >= 15 is 0 Å². The Bertz CT molecular complexity index is 644. The summed E-state index contributed by atoms with van der Waals surface area (Å²) in [4.78, 5) is 16.6. The van der Waals surface area contributed by atoms with Crippen molar-refractivity contribution in [3.63, 3.8) is 0 Å². The van der Waals surface area contributed by atoms with E-state index in [1.54, 1.807) is 0 Å². The molecule has 1 N–H and O–H groups in total. The van der Waals surface area contributed by atoms with Crippen LogP contribution < -0.4 is 5.32 Å². The minimum atomic E-state index is -0.135. The Balaban J connectivity index is 1.27. The van der Waals surface area contributed by atoms with E-state index in [0.29, 0.717) is 30.5 Å². The summed E-state index contributed by atoms with van der Waals surface area (Å²) in [6, 6.07) is 0. The Morgan fingerprint density at radius 1 is 1.38 bits per heavy atom. The predicted octanol–water partition coefficient (Wildman–Crippen LogP) is 2.38. The fourth-order valence-corrected chi connectivity index (χ4v) is 4.30. The zero-order valence-corrected chi connectivity index (χ0v) is 14.9. The first-order valence-corrected chi connectivity index (χ1v) is 9.08. The molecule has 3 aliphatic rings. The summed E-state index contributed by atoms with van der Waals surface area (Å²) in [5.74, 6) is 1.94. The molecule has 3 fully saturated rings. The molecular formula is C18H27N3O3. The second-order valence-electron chi connectivity index (χ2n) is 8.75. The Hall–Kier alpha value is -1.43. The monoisotopic (exact) mass is 333 g/mol. The third kappa shape index (κ3) is 2.46. The van der Waals surface area contributed by atoms with Gasteiger partial charge in [0.25, 0.3) is 0 Å². The highest BCUT2D eigenvalue weighted by molar-refractivity contribution is 5.76. The summed E-state index contributed by atoms with van der Waals surface area (Å²) < 4.78 is 11.3. The van der Waals surface area contributed by atoms with Gasteiger partial charge in [-0.2, -0.15) is 4.98 Å². The van der Waals surface area contributed by atoms with Gasteiger partial charge in [0.2, 0.25) is 11.8 Å². The molecule has 0 radical (unpaired) electrons. The van der Waals surface area contributed by atoms with Crippen molar-refractivity contribution in [2.45, 2.75) is 70.3 Å². The van der Waals surface area contributed by atoms with Crippen molar-refractivity contribution < 1.29 is 14.1 Å². The van der Waals surface area contributed by atoms with E-state index in [9.17, 15) is 4.79 Å². The van der Waals surface area contributed by atoms with Crippen molar-refractivity contribution >= 4 is 5.91 Å². The molecule has 24 heavy (non-hydrogen) atoms. The van der Waals surface area contributed by atoms with Crippen LogP contribution in [0, 0.1) is 11.3 Å². The molecule has 0 bridgehead atoms. The molecule has 6 heteroatoms. The average Bonchev–Trinajstić information content (AvgIpc) is 2.87. The van der Waals surface area contributed by atoms with Crippen LogP contribution in [0.2, 0.25) is 0 Å². The Morgan fingerprint density at radius 2 is 2.17 bits per heavy atom. The average molecular weight is 333 g/mol. The lowest BCUT2D eigenvalue weighted by Gasteiger charge is -2.45. The molecule has 1 amide bonds. The van der Waals surface area contributed by atoms with Crippen molar-refractivity contribution in [3.8, 4) is 0 Å². The van der Waals surface area contributed by atoms with Crippen molar-refractivity contribution in [2.75, 3.05) is 13.2 Å². The van der Waals surface area contributed by atoms with Gasteiger partial charge in [0.15, 0.2) is 5.82 Å². The summed E-state index contributed by atoms with van der Waals surface area (Å²) >= 11 is 0. The van der Waals surface area contributed by atoms with Crippen LogP contribution in [-0.4, -0.2) is 34.8 Å². The molecule has 0 unspecified atom stereocenters. The van der Waals surface area contributed by atoms with Gasteiger partial charge in [0.05, 0.1) is 12.2 Å². The minimum absolute atomic E-state index is 0.0620. The second kappa shape index (κ2) is 5.28.